The van der Waals surface area contributed by atoms with E-state index >= 15 is 0 Å². The van der Waals surface area contributed by atoms with Crippen LogP contribution in [0.15, 0.2) is 54.4 Å². The zero-order valence-electron chi connectivity index (χ0n) is 16.4. The molecule has 1 aliphatic heterocycles. The Morgan fingerprint density at radius 1 is 1.17 bits per heavy atom. The number of Topliss-reactive ketones (excluding diaryl/α,β-unsaturated/α-hetero) is 1. The number of aliphatic hydroxyl groups is 1. The number of ether oxygens (including phenoxy) is 1. The number of aliphatic hydroxyl groups excluding tert-OH is 1. The Balaban J connectivity index is 1.85. The number of pyridine rings is 1. The molecule has 2 aliphatic rings. The topological polar surface area (TPSA) is 79.7 Å². The number of carbonyl (C=O) groups is 2. The van der Waals surface area contributed by atoms with Gasteiger partial charge in [0.05, 0.1) is 18.2 Å². The molecule has 1 N–H and O–H groups in total. The summed E-state index contributed by atoms with van der Waals surface area (Å²) in [7, 11) is 0. The summed E-state index contributed by atoms with van der Waals surface area (Å²) in [5, 5.41) is 11.1. The van der Waals surface area contributed by atoms with Gasteiger partial charge in [0.25, 0.3) is 11.7 Å². The molecule has 2 heterocycles. The Morgan fingerprint density at radius 2 is 1.90 bits per heavy atom. The van der Waals surface area contributed by atoms with Gasteiger partial charge in [-0.3, -0.25) is 14.6 Å². The Kier molecular flexibility index (Phi) is 5.34. The lowest BCUT2D eigenvalue weighted by molar-refractivity contribution is -0.141. The molecule has 1 aromatic carbocycles. The second kappa shape index (κ2) is 8.07. The van der Waals surface area contributed by atoms with Gasteiger partial charge in [0.1, 0.15) is 11.5 Å². The summed E-state index contributed by atoms with van der Waals surface area (Å²) in [6.45, 7) is 2.37. The predicted molar refractivity (Wildman–Crippen MR) is 108 cm³/mol. The highest BCUT2D eigenvalue weighted by atomic mass is 16.5. The van der Waals surface area contributed by atoms with Crippen molar-refractivity contribution in [3.8, 4) is 5.75 Å². The average molecular weight is 392 g/mol. The van der Waals surface area contributed by atoms with E-state index < -0.39 is 17.7 Å². The van der Waals surface area contributed by atoms with E-state index in [0.29, 0.717) is 17.9 Å². The Labute approximate surface area is 169 Å². The van der Waals surface area contributed by atoms with Gasteiger partial charge in [-0.15, -0.1) is 0 Å². The molecule has 1 saturated carbocycles. The SMILES string of the molecule is CCOc1cccc(/C(O)=C2/C(=O)C(=O)N(C3CCCC3)C2c2ccncc2)c1. The number of likely N-dealkylation sites (tertiary alicyclic amines) is 1. The monoisotopic (exact) mass is 392 g/mol. The minimum absolute atomic E-state index is 0.00433. The van der Waals surface area contributed by atoms with Crippen LogP contribution in [0.4, 0.5) is 0 Å². The van der Waals surface area contributed by atoms with Crippen molar-refractivity contribution in [2.75, 3.05) is 6.61 Å². The molecular formula is C23H24N2O4. The number of rotatable bonds is 5. The molecule has 1 unspecified atom stereocenters. The fraction of sp³-hybridized carbons (Fsp3) is 0.348. The van der Waals surface area contributed by atoms with Crippen molar-refractivity contribution in [3.05, 3.63) is 65.5 Å². The molecule has 2 aromatic rings. The molecule has 29 heavy (non-hydrogen) atoms. The smallest absolute Gasteiger partial charge is 0.295 e. The highest BCUT2D eigenvalue weighted by molar-refractivity contribution is 6.46. The van der Waals surface area contributed by atoms with Crippen LogP contribution in [-0.4, -0.2) is 39.3 Å². The lowest BCUT2D eigenvalue weighted by Crippen LogP contribution is -2.37. The van der Waals surface area contributed by atoms with E-state index in [-0.39, 0.29) is 17.4 Å². The third kappa shape index (κ3) is 3.50. The molecule has 1 aromatic heterocycles. The summed E-state index contributed by atoms with van der Waals surface area (Å²) in [5.41, 5.74) is 1.36. The average Bonchev–Trinajstić information content (AvgIpc) is 3.36. The molecule has 1 atom stereocenters. The fourth-order valence-corrected chi connectivity index (χ4v) is 4.34. The largest absolute Gasteiger partial charge is 0.507 e. The van der Waals surface area contributed by atoms with Crippen molar-refractivity contribution in [3.63, 3.8) is 0 Å². The van der Waals surface area contributed by atoms with Crippen LogP contribution in [0.5, 0.6) is 5.75 Å². The van der Waals surface area contributed by atoms with E-state index in [1.807, 2.05) is 6.92 Å². The highest BCUT2D eigenvalue weighted by Crippen LogP contribution is 2.43. The number of amides is 1. The van der Waals surface area contributed by atoms with Crippen LogP contribution in [0, 0.1) is 0 Å². The van der Waals surface area contributed by atoms with Gasteiger partial charge in [-0.05, 0) is 49.6 Å². The second-order valence-corrected chi connectivity index (χ2v) is 7.39. The summed E-state index contributed by atoms with van der Waals surface area (Å²) in [5.74, 6) is -0.756. The Morgan fingerprint density at radius 3 is 2.59 bits per heavy atom. The minimum atomic E-state index is -0.641. The van der Waals surface area contributed by atoms with Gasteiger partial charge < -0.3 is 14.7 Å². The first-order valence-electron chi connectivity index (χ1n) is 10.0. The van der Waals surface area contributed by atoms with Crippen molar-refractivity contribution in [1.82, 2.24) is 9.88 Å². The Bertz CT molecular complexity index is 948. The van der Waals surface area contributed by atoms with Crippen LogP contribution in [0.3, 0.4) is 0 Å². The number of carbonyl (C=O) groups excluding carboxylic acids is 2. The van der Waals surface area contributed by atoms with E-state index in [2.05, 4.69) is 4.98 Å². The van der Waals surface area contributed by atoms with Gasteiger partial charge in [-0.2, -0.15) is 0 Å². The molecular weight excluding hydrogens is 368 g/mol. The number of nitrogens with zero attached hydrogens (tertiary/aromatic N) is 2. The van der Waals surface area contributed by atoms with Crippen LogP contribution in [0.2, 0.25) is 0 Å². The predicted octanol–water partition coefficient (Wildman–Crippen LogP) is 3.84. The van der Waals surface area contributed by atoms with Crippen molar-refractivity contribution >= 4 is 17.4 Å². The molecule has 2 fully saturated rings. The standard InChI is InChI=1S/C23H24N2O4/c1-2-29-18-9-5-6-16(14-18)21(26)19-20(15-10-12-24-13-11-15)25(23(28)22(19)27)17-7-3-4-8-17/h5-6,9-14,17,20,26H,2-4,7-8H2,1H3/b21-19-. The number of ketones is 1. The molecule has 4 rings (SSSR count). The van der Waals surface area contributed by atoms with E-state index in [0.717, 1.165) is 31.2 Å². The van der Waals surface area contributed by atoms with E-state index in [1.165, 1.54) is 0 Å². The number of benzene rings is 1. The van der Waals surface area contributed by atoms with Gasteiger partial charge >= 0.3 is 0 Å². The first-order chi connectivity index (χ1) is 14.1. The van der Waals surface area contributed by atoms with Crippen molar-refractivity contribution in [2.24, 2.45) is 0 Å². The maximum Gasteiger partial charge on any atom is 0.295 e. The van der Waals surface area contributed by atoms with E-state index in [4.69, 9.17) is 4.74 Å². The maximum atomic E-state index is 13.0. The summed E-state index contributed by atoms with van der Waals surface area (Å²) < 4.78 is 5.52. The van der Waals surface area contributed by atoms with Crippen molar-refractivity contribution in [2.45, 2.75) is 44.7 Å². The molecule has 6 heteroatoms. The summed E-state index contributed by atoms with van der Waals surface area (Å²) in [6, 6.07) is 9.92. The van der Waals surface area contributed by atoms with Gasteiger partial charge in [0.2, 0.25) is 0 Å². The fourth-order valence-electron chi connectivity index (χ4n) is 4.34. The first-order valence-corrected chi connectivity index (χ1v) is 10.0. The Hall–Kier alpha value is -3.15. The van der Waals surface area contributed by atoms with Gasteiger partial charge in [-0.25, -0.2) is 0 Å². The summed E-state index contributed by atoms with van der Waals surface area (Å²) in [6.07, 6.45) is 7.09. The van der Waals surface area contributed by atoms with Crippen LogP contribution in [0.1, 0.15) is 49.8 Å². The molecule has 1 amide bonds. The molecule has 0 radical (unpaired) electrons. The highest BCUT2D eigenvalue weighted by Gasteiger charge is 2.49. The summed E-state index contributed by atoms with van der Waals surface area (Å²) in [4.78, 5) is 31.7. The molecule has 0 spiro atoms. The molecule has 1 aliphatic carbocycles. The van der Waals surface area contributed by atoms with Gasteiger partial charge in [-0.1, -0.05) is 25.0 Å². The van der Waals surface area contributed by atoms with Crippen molar-refractivity contribution in [1.29, 1.82) is 0 Å². The van der Waals surface area contributed by atoms with Crippen LogP contribution in [-0.2, 0) is 9.59 Å². The van der Waals surface area contributed by atoms with Crippen molar-refractivity contribution < 1.29 is 19.4 Å². The van der Waals surface area contributed by atoms with Crippen LogP contribution in [0.25, 0.3) is 5.76 Å². The van der Waals surface area contributed by atoms with Gasteiger partial charge in [0.15, 0.2) is 0 Å². The number of hydrogen-bond acceptors (Lipinski definition) is 5. The minimum Gasteiger partial charge on any atom is -0.507 e. The zero-order chi connectivity index (χ0) is 20.4. The maximum absolute atomic E-state index is 13.0. The molecule has 6 nitrogen and oxygen atoms in total. The van der Waals surface area contributed by atoms with Crippen LogP contribution < -0.4 is 4.74 Å². The zero-order valence-corrected chi connectivity index (χ0v) is 16.4. The quantitative estimate of drug-likeness (QED) is 0.475. The molecule has 0 bridgehead atoms. The third-order valence-electron chi connectivity index (χ3n) is 5.64. The number of hydrogen-bond donors (Lipinski definition) is 1. The first kappa shape index (κ1) is 19.2. The molecule has 1 saturated heterocycles. The van der Waals surface area contributed by atoms with E-state index in [1.54, 1.807) is 53.7 Å². The van der Waals surface area contributed by atoms with Gasteiger partial charge in [0, 0.05) is 24.0 Å². The number of aromatic nitrogens is 1. The lowest BCUT2D eigenvalue weighted by Gasteiger charge is -2.30. The molecule has 150 valence electrons. The lowest BCUT2D eigenvalue weighted by atomic mass is 9.95. The van der Waals surface area contributed by atoms with Crippen LogP contribution >= 0.6 is 0 Å². The normalized spacial score (nSPS) is 21.7. The second-order valence-electron chi connectivity index (χ2n) is 7.39. The summed E-state index contributed by atoms with van der Waals surface area (Å²) >= 11 is 0. The third-order valence-corrected chi connectivity index (χ3v) is 5.64. The van der Waals surface area contributed by atoms with E-state index in [9.17, 15) is 14.7 Å².